The first-order chi connectivity index (χ1) is 7.14. The van der Waals surface area contributed by atoms with Crippen molar-refractivity contribution < 1.29 is 19.4 Å². The number of carboxylic acids is 1. The number of nitrogens with one attached hydrogen (secondary N) is 1. The number of hydrogen-bond acceptors (Lipinski definition) is 3. The average Bonchev–Trinajstić information content (AvgIpc) is 2.62. The molecule has 1 amide bonds. The Morgan fingerprint density at radius 1 is 1.33 bits per heavy atom. The van der Waals surface area contributed by atoms with E-state index in [2.05, 4.69) is 5.32 Å². The molecule has 0 radical (unpaired) electrons. The van der Waals surface area contributed by atoms with Gasteiger partial charge in [0.05, 0.1) is 0 Å². The van der Waals surface area contributed by atoms with Crippen LogP contribution in [0.4, 0.5) is 0 Å². The number of rotatable bonds is 3. The summed E-state index contributed by atoms with van der Waals surface area (Å²) in [6.07, 6.45) is 3.04. The van der Waals surface area contributed by atoms with E-state index in [0.717, 1.165) is 12.8 Å². The Labute approximate surface area is 87.8 Å². The third-order valence-electron chi connectivity index (χ3n) is 3.20. The van der Waals surface area contributed by atoms with E-state index in [0.29, 0.717) is 25.9 Å². The maximum absolute atomic E-state index is 11.7. The van der Waals surface area contributed by atoms with Crippen LogP contribution in [0, 0.1) is 0 Å². The lowest BCUT2D eigenvalue weighted by Gasteiger charge is -2.38. The lowest BCUT2D eigenvalue weighted by atomic mass is 9.76. The Kier molecular flexibility index (Phi) is 2.65. The molecule has 1 saturated carbocycles. The molecular weight excluding hydrogens is 198 g/mol. The van der Waals surface area contributed by atoms with Gasteiger partial charge >= 0.3 is 5.97 Å². The lowest BCUT2D eigenvalue weighted by molar-refractivity contribution is -0.153. The van der Waals surface area contributed by atoms with Crippen LogP contribution in [0.3, 0.4) is 0 Å². The van der Waals surface area contributed by atoms with Crippen molar-refractivity contribution in [2.24, 2.45) is 0 Å². The van der Waals surface area contributed by atoms with E-state index in [9.17, 15) is 9.59 Å². The van der Waals surface area contributed by atoms with Crippen molar-refractivity contribution in [1.82, 2.24) is 5.32 Å². The molecule has 0 aromatic rings. The summed E-state index contributed by atoms with van der Waals surface area (Å²) in [5.74, 6) is -1.20. The summed E-state index contributed by atoms with van der Waals surface area (Å²) >= 11 is 0. The second-order valence-corrected chi connectivity index (χ2v) is 4.23. The van der Waals surface area contributed by atoms with Gasteiger partial charge in [-0.25, -0.2) is 4.79 Å². The van der Waals surface area contributed by atoms with Gasteiger partial charge in [0.25, 0.3) is 0 Å². The van der Waals surface area contributed by atoms with Gasteiger partial charge in [-0.3, -0.25) is 4.79 Å². The van der Waals surface area contributed by atoms with Gasteiger partial charge in [0.1, 0.15) is 11.6 Å². The minimum Gasteiger partial charge on any atom is -0.480 e. The van der Waals surface area contributed by atoms with Gasteiger partial charge in [0.2, 0.25) is 5.91 Å². The topological polar surface area (TPSA) is 75.6 Å². The zero-order valence-electron chi connectivity index (χ0n) is 8.49. The molecule has 0 spiro atoms. The monoisotopic (exact) mass is 213 g/mol. The third kappa shape index (κ3) is 1.84. The average molecular weight is 213 g/mol. The molecule has 2 fully saturated rings. The van der Waals surface area contributed by atoms with Gasteiger partial charge in [0.15, 0.2) is 0 Å². The molecule has 84 valence electrons. The van der Waals surface area contributed by atoms with Crippen LogP contribution < -0.4 is 5.32 Å². The smallest absolute Gasteiger partial charge is 0.329 e. The summed E-state index contributed by atoms with van der Waals surface area (Å²) in [6.45, 7) is 0.595. The predicted octanol–water partition coefficient (Wildman–Crippen LogP) is 0.289. The molecule has 0 unspecified atom stereocenters. The van der Waals surface area contributed by atoms with Gasteiger partial charge in [-0.15, -0.1) is 0 Å². The highest BCUT2D eigenvalue weighted by Crippen LogP contribution is 2.32. The van der Waals surface area contributed by atoms with Crippen LogP contribution in [0.25, 0.3) is 0 Å². The first kappa shape index (κ1) is 10.4. The van der Waals surface area contributed by atoms with Crippen molar-refractivity contribution >= 4 is 11.9 Å². The van der Waals surface area contributed by atoms with E-state index < -0.39 is 17.6 Å². The summed E-state index contributed by atoms with van der Waals surface area (Å²) in [5, 5.41) is 11.6. The number of aliphatic carboxylic acids is 1. The quantitative estimate of drug-likeness (QED) is 0.706. The molecular formula is C10H15NO4. The van der Waals surface area contributed by atoms with Crippen LogP contribution in [0.1, 0.15) is 32.1 Å². The second-order valence-electron chi connectivity index (χ2n) is 4.23. The summed E-state index contributed by atoms with van der Waals surface area (Å²) < 4.78 is 5.20. The first-order valence-electron chi connectivity index (χ1n) is 5.31. The Balaban J connectivity index is 1.94. The van der Waals surface area contributed by atoms with E-state index in [1.165, 1.54) is 0 Å². The standard InChI is InChI=1S/C10H15NO4/c12-8(7-3-1-6-15-7)11-10(9(13)14)4-2-5-10/h7H,1-6H2,(H,11,12)(H,13,14)/t7-/m1/s1. The molecule has 5 nitrogen and oxygen atoms in total. The van der Waals surface area contributed by atoms with Crippen LogP contribution in [-0.2, 0) is 14.3 Å². The van der Waals surface area contributed by atoms with Crippen molar-refractivity contribution in [3.63, 3.8) is 0 Å². The van der Waals surface area contributed by atoms with Gasteiger partial charge in [-0.05, 0) is 32.1 Å². The Hall–Kier alpha value is -1.10. The van der Waals surface area contributed by atoms with E-state index in [1.807, 2.05) is 0 Å². The van der Waals surface area contributed by atoms with E-state index >= 15 is 0 Å². The molecule has 15 heavy (non-hydrogen) atoms. The van der Waals surface area contributed by atoms with Crippen molar-refractivity contribution in [1.29, 1.82) is 0 Å². The van der Waals surface area contributed by atoms with Gasteiger partial charge < -0.3 is 15.2 Å². The van der Waals surface area contributed by atoms with Crippen molar-refractivity contribution in [2.75, 3.05) is 6.61 Å². The summed E-state index contributed by atoms with van der Waals surface area (Å²) in [6, 6.07) is 0. The molecule has 5 heteroatoms. The minimum absolute atomic E-state index is 0.269. The van der Waals surface area contributed by atoms with Gasteiger partial charge in [-0.1, -0.05) is 0 Å². The summed E-state index contributed by atoms with van der Waals surface area (Å²) in [5.41, 5.74) is -1.01. The Morgan fingerprint density at radius 3 is 2.47 bits per heavy atom. The zero-order chi connectivity index (χ0) is 10.9. The molecule has 2 N–H and O–H groups in total. The SMILES string of the molecule is O=C(NC1(C(=O)O)CCC1)[C@H]1CCCO1. The number of carboxylic acid groups (broad SMARTS) is 1. The highest BCUT2D eigenvalue weighted by Gasteiger charge is 2.46. The maximum atomic E-state index is 11.7. The van der Waals surface area contributed by atoms with Gasteiger partial charge in [-0.2, -0.15) is 0 Å². The van der Waals surface area contributed by atoms with Crippen LogP contribution >= 0.6 is 0 Å². The van der Waals surface area contributed by atoms with Crippen LogP contribution in [-0.4, -0.2) is 35.2 Å². The number of carbonyl (C=O) groups excluding carboxylic acids is 1. The Morgan fingerprint density at radius 2 is 2.07 bits per heavy atom. The molecule has 1 atom stereocenters. The minimum atomic E-state index is -1.01. The summed E-state index contributed by atoms with van der Waals surface area (Å²) in [4.78, 5) is 22.7. The predicted molar refractivity (Wildman–Crippen MR) is 51.3 cm³/mol. The Bertz CT molecular complexity index is 279. The molecule has 0 bridgehead atoms. The molecule has 1 aliphatic heterocycles. The molecule has 2 rings (SSSR count). The molecule has 0 aromatic heterocycles. The number of amides is 1. The van der Waals surface area contributed by atoms with Crippen molar-refractivity contribution in [3.05, 3.63) is 0 Å². The maximum Gasteiger partial charge on any atom is 0.329 e. The van der Waals surface area contributed by atoms with Gasteiger partial charge in [0, 0.05) is 6.61 Å². The molecule has 1 heterocycles. The largest absolute Gasteiger partial charge is 0.480 e. The molecule has 0 aromatic carbocycles. The molecule has 1 saturated heterocycles. The summed E-state index contributed by atoms with van der Waals surface area (Å²) in [7, 11) is 0. The lowest BCUT2D eigenvalue weighted by Crippen LogP contribution is -2.60. The number of hydrogen-bond donors (Lipinski definition) is 2. The van der Waals surface area contributed by atoms with E-state index in [4.69, 9.17) is 9.84 Å². The van der Waals surface area contributed by atoms with Crippen LogP contribution in [0.15, 0.2) is 0 Å². The van der Waals surface area contributed by atoms with Crippen LogP contribution in [0.5, 0.6) is 0 Å². The highest BCUT2D eigenvalue weighted by atomic mass is 16.5. The highest BCUT2D eigenvalue weighted by molar-refractivity contribution is 5.89. The zero-order valence-corrected chi connectivity index (χ0v) is 8.49. The number of carbonyl (C=O) groups is 2. The fourth-order valence-electron chi connectivity index (χ4n) is 2.02. The fraction of sp³-hybridized carbons (Fsp3) is 0.800. The normalized spacial score (nSPS) is 28.1. The molecule has 1 aliphatic carbocycles. The van der Waals surface area contributed by atoms with Crippen molar-refractivity contribution in [3.8, 4) is 0 Å². The number of ether oxygens (including phenoxy) is 1. The van der Waals surface area contributed by atoms with E-state index in [1.54, 1.807) is 0 Å². The second kappa shape index (κ2) is 3.81. The molecule has 2 aliphatic rings. The van der Waals surface area contributed by atoms with Crippen molar-refractivity contribution in [2.45, 2.75) is 43.7 Å². The first-order valence-corrected chi connectivity index (χ1v) is 5.31. The fourth-order valence-corrected chi connectivity index (χ4v) is 2.02. The third-order valence-corrected chi connectivity index (χ3v) is 3.20. The van der Waals surface area contributed by atoms with E-state index in [-0.39, 0.29) is 5.91 Å². The van der Waals surface area contributed by atoms with Crippen LogP contribution in [0.2, 0.25) is 0 Å².